The van der Waals surface area contributed by atoms with E-state index in [0.717, 1.165) is 30.4 Å². The number of carbonyl (C=O) groups is 1. The van der Waals surface area contributed by atoms with Gasteiger partial charge in [-0.3, -0.25) is 0 Å². The molecule has 150 valence electrons. The summed E-state index contributed by atoms with van der Waals surface area (Å²) in [5.41, 5.74) is 2.36. The maximum atomic E-state index is 12.7. The zero-order valence-electron chi connectivity index (χ0n) is 15.7. The molecule has 0 unspecified atom stereocenters. The summed E-state index contributed by atoms with van der Waals surface area (Å²) in [6.45, 7) is 3.33. The molecule has 2 aromatic carbocycles. The smallest absolute Gasteiger partial charge is 0.319 e. The van der Waals surface area contributed by atoms with Crippen LogP contribution in [0, 0.1) is 6.92 Å². The molecule has 1 aliphatic rings. The Labute approximate surface area is 170 Å². The average Bonchev–Trinajstić information content (AvgIpc) is 2.70. The summed E-state index contributed by atoms with van der Waals surface area (Å²) in [4.78, 5) is 12.3. The molecule has 0 atom stereocenters. The second-order valence-electron chi connectivity index (χ2n) is 6.88. The highest BCUT2D eigenvalue weighted by Crippen LogP contribution is 2.21. The number of piperidine rings is 1. The van der Waals surface area contributed by atoms with Crippen LogP contribution in [0.4, 0.5) is 10.5 Å². The van der Waals surface area contributed by atoms with Crippen LogP contribution in [0.15, 0.2) is 47.4 Å². The highest BCUT2D eigenvalue weighted by molar-refractivity contribution is 7.89. The van der Waals surface area contributed by atoms with Crippen LogP contribution in [-0.2, 0) is 16.6 Å². The molecule has 0 spiro atoms. The van der Waals surface area contributed by atoms with Crippen LogP contribution in [0.5, 0.6) is 0 Å². The molecule has 0 aliphatic carbocycles. The normalized spacial score (nSPS) is 15.2. The van der Waals surface area contributed by atoms with Gasteiger partial charge in [-0.2, -0.15) is 4.31 Å². The van der Waals surface area contributed by atoms with Crippen molar-refractivity contribution in [2.75, 3.05) is 18.4 Å². The van der Waals surface area contributed by atoms with Gasteiger partial charge in [-0.1, -0.05) is 36.2 Å². The van der Waals surface area contributed by atoms with E-state index in [1.807, 2.05) is 13.0 Å². The van der Waals surface area contributed by atoms with Crippen molar-refractivity contribution in [3.8, 4) is 0 Å². The van der Waals surface area contributed by atoms with E-state index in [4.69, 9.17) is 11.6 Å². The van der Waals surface area contributed by atoms with Crippen molar-refractivity contribution in [2.45, 2.75) is 37.6 Å². The summed E-state index contributed by atoms with van der Waals surface area (Å²) in [6.07, 6.45) is 2.89. The molecule has 0 bridgehead atoms. The predicted molar refractivity (Wildman–Crippen MR) is 111 cm³/mol. The number of aryl methyl sites for hydroxylation is 1. The number of amides is 2. The minimum atomic E-state index is -3.44. The Morgan fingerprint density at radius 3 is 2.39 bits per heavy atom. The zero-order chi connectivity index (χ0) is 20.1. The number of anilines is 1. The minimum absolute atomic E-state index is 0.287. The number of nitrogens with zero attached hydrogens (tertiary/aromatic N) is 1. The topological polar surface area (TPSA) is 78.5 Å². The Balaban J connectivity index is 1.56. The number of hydrogen-bond acceptors (Lipinski definition) is 3. The Hall–Kier alpha value is -2.09. The average molecular weight is 422 g/mol. The van der Waals surface area contributed by atoms with Crippen molar-refractivity contribution in [1.82, 2.24) is 9.62 Å². The first-order valence-corrected chi connectivity index (χ1v) is 11.1. The van der Waals surface area contributed by atoms with Crippen LogP contribution in [0.3, 0.4) is 0 Å². The molecule has 1 saturated heterocycles. The van der Waals surface area contributed by atoms with Gasteiger partial charge in [0.1, 0.15) is 0 Å². The van der Waals surface area contributed by atoms with Crippen molar-refractivity contribution >= 4 is 33.3 Å². The quantitative estimate of drug-likeness (QED) is 0.761. The lowest BCUT2D eigenvalue weighted by Crippen LogP contribution is -2.35. The Morgan fingerprint density at radius 2 is 1.75 bits per heavy atom. The summed E-state index contributed by atoms with van der Waals surface area (Å²) in [7, 11) is -3.44. The molecule has 6 nitrogen and oxygen atoms in total. The molecule has 2 amide bonds. The van der Waals surface area contributed by atoms with E-state index >= 15 is 0 Å². The number of nitrogens with one attached hydrogen (secondary N) is 2. The maximum absolute atomic E-state index is 12.7. The minimum Gasteiger partial charge on any atom is -0.334 e. The molecular weight excluding hydrogens is 398 g/mol. The fourth-order valence-corrected chi connectivity index (χ4v) is 4.76. The molecule has 1 heterocycles. The molecule has 8 heteroatoms. The highest BCUT2D eigenvalue weighted by Gasteiger charge is 2.25. The van der Waals surface area contributed by atoms with E-state index in [1.54, 1.807) is 40.7 Å². The largest absolute Gasteiger partial charge is 0.334 e. The summed E-state index contributed by atoms with van der Waals surface area (Å²) >= 11 is 6.05. The van der Waals surface area contributed by atoms with Crippen molar-refractivity contribution in [1.29, 1.82) is 0 Å². The molecule has 0 saturated carbocycles. The SMILES string of the molecule is Cc1ccc(NC(=O)NCc2ccc(S(=O)(=O)N3CCCCC3)cc2)cc1Cl. The molecular formula is C20H24ClN3O3S. The molecule has 2 N–H and O–H groups in total. The Kier molecular flexibility index (Phi) is 6.59. The molecule has 1 fully saturated rings. The Morgan fingerprint density at radius 1 is 1.07 bits per heavy atom. The second-order valence-corrected chi connectivity index (χ2v) is 9.23. The number of sulfonamides is 1. The van der Waals surface area contributed by atoms with Gasteiger partial charge in [-0.15, -0.1) is 0 Å². The van der Waals surface area contributed by atoms with Gasteiger partial charge in [0.2, 0.25) is 10.0 Å². The van der Waals surface area contributed by atoms with Crippen molar-refractivity contribution < 1.29 is 13.2 Å². The van der Waals surface area contributed by atoms with Crippen molar-refractivity contribution in [3.63, 3.8) is 0 Å². The molecule has 0 radical (unpaired) electrons. The third kappa shape index (κ3) is 5.04. The number of urea groups is 1. The third-order valence-electron chi connectivity index (χ3n) is 4.76. The van der Waals surface area contributed by atoms with E-state index in [0.29, 0.717) is 23.8 Å². The van der Waals surface area contributed by atoms with E-state index in [9.17, 15) is 13.2 Å². The fourth-order valence-electron chi connectivity index (χ4n) is 3.06. The standard InChI is InChI=1S/C20H24ClN3O3S/c1-15-5-8-17(13-19(15)21)23-20(25)22-14-16-6-9-18(10-7-16)28(26,27)24-11-3-2-4-12-24/h5-10,13H,2-4,11-12,14H2,1H3,(H2,22,23,25). The summed E-state index contributed by atoms with van der Waals surface area (Å²) in [6, 6.07) is 11.6. The van der Waals surface area contributed by atoms with Gasteiger partial charge in [0.15, 0.2) is 0 Å². The first-order chi connectivity index (χ1) is 13.4. The van der Waals surface area contributed by atoms with Gasteiger partial charge >= 0.3 is 6.03 Å². The predicted octanol–water partition coefficient (Wildman–Crippen LogP) is 4.14. The first-order valence-electron chi connectivity index (χ1n) is 9.26. The third-order valence-corrected chi connectivity index (χ3v) is 7.08. The lowest BCUT2D eigenvalue weighted by Gasteiger charge is -2.25. The molecule has 2 aromatic rings. The lowest BCUT2D eigenvalue weighted by atomic mass is 10.2. The number of benzene rings is 2. The molecule has 1 aliphatic heterocycles. The van der Waals surface area contributed by atoms with Crippen LogP contribution < -0.4 is 10.6 Å². The highest BCUT2D eigenvalue weighted by atomic mass is 35.5. The zero-order valence-corrected chi connectivity index (χ0v) is 17.3. The molecule has 0 aromatic heterocycles. The molecule has 3 rings (SSSR count). The van der Waals surface area contributed by atoms with Gasteiger partial charge in [-0.05, 0) is 55.2 Å². The maximum Gasteiger partial charge on any atom is 0.319 e. The number of rotatable bonds is 5. The Bertz CT molecular complexity index is 940. The number of halogens is 1. The first kappa shape index (κ1) is 20.6. The number of hydrogen-bond donors (Lipinski definition) is 2. The van der Waals surface area contributed by atoms with Crippen LogP contribution >= 0.6 is 11.6 Å². The molecule has 28 heavy (non-hydrogen) atoms. The monoisotopic (exact) mass is 421 g/mol. The van der Waals surface area contributed by atoms with Crippen molar-refractivity contribution in [3.05, 3.63) is 58.6 Å². The van der Waals surface area contributed by atoms with Crippen LogP contribution in [0.1, 0.15) is 30.4 Å². The van der Waals surface area contributed by atoms with Crippen molar-refractivity contribution in [2.24, 2.45) is 0 Å². The van der Waals surface area contributed by atoms with Gasteiger partial charge < -0.3 is 10.6 Å². The van der Waals surface area contributed by atoms with Gasteiger partial charge in [-0.25, -0.2) is 13.2 Å². The van der Waals surface area contributed by atoms with E-state index in [-0.39, 0.29) is 17.5 Å². The fraction of sp³-hybridized carbons (Fsp3) is 0.350. The van der Waals surface area contributed by atoms with E-state index in [2.05, 4.69) is 10.6 Å². The van der Waals surface area contributed by atoms with E-state index < -0.39 is 10.0 Å². The van der Waals surface area contributed by atoms with Gasteiger partial charge in [0.05, 0.1) is 4.90 Å². The summed E-state index contributed by atoms with van der Waals surface area (Å²) < 4.78 is 26.9. The lowest BCUT2D eigenvalue weighted by molar-refractivity contribution is 0.251. The van der Waals surface area contributed by atoms with Gasteiger partial charge in [0, 0.05) is 30.3 Å². The van der Waals surface area contributed by atoms with Crippen LogP contribution in [-0.4, -0.2) is 31.8 Å². The number of carbonyl (C=O) groups excluding carboxylic acids is 1. The van der Waals surface area contributed by atoms with E-state index in [1.165, 1.54) is 0 Å². The summed E-state index contributed by atoms with van der Waals surface area (Å²) in [5, 5.41) is 6.06. The summed E-state index contributed by atoms with van der Waals surface area (Å²) in [5.74, 6) is 0. The van der Waals surface area contributed by atoms with Crippen LogP contribution in [0.25, 0.3) is 0 Å². The van der Waals surface area contributed by atoms with Gasteiger partial charge in [0.25, 0.3) is 0 Å². The second kappa shape index (κ2) is 8.94. The van der Waals surface area contributed by atoms with Crippen LogP contribution in [0.2, 0.25) is 5.02 Å².